The van der Waals surface area contributed by atoms with Gasteiger partial charge in [-0.05, 0) is 12.1 Å². The van der Waals surface area contributed by atoms with Crippen LogP contribution in [-0.4, -0.2) is 36.6 Å². The molecule has 0 unspecified atom stereocenters. The van der Waals surface area contributed by atoms with Crippen LogP contribution in [0, 0.1) is 0 Å². The van der Waals surface area contributed by atoms with Gasteiger partial charge in [0.15, 0.2) is 20.6 Å². The Labute approximate surface area is 114 Å². The summed E-state index contributed by atoms with van der Waals surface area (Å²) in [4.78, 5) is 15.8. The van der Waals surface area contributed by atoms with Crippen LogP contribution in [0.1, 0.15) is 17.4 Å². The average Bonchev–Trinajstić information content (AvgIpc) is 2.79. The number of carbonyl (C=O) groups excluding carboxylic acids is 1. The molecule has 0 fully saturated rings. The molecular formula is C11H11ClN2O4S. The van der Waals surface area contributed by atoms with E-state index in [1.54, 1.807) is 12.1 Å². The maximum absolute atomic E-state index is 12.0. The topological polar surface area (TPSA) is 77.7 Å². The Bertz CT molecular complexity index is 751. The normalized spacial score (nSPS) is 11.7. The van der Waals surface area contributed by atoms with Crippen LogP contribution in [-0.2, 0) is 14.6 Å². The SMILES string of the molecule is CCS(=O)(=O)c1nc2cccc(Cl)n2c1C(=O)OC. The van der Waals surface area contributed by atoms with E-state index in [2.05, 4.69) is 9.72 Å². The molecule has 0 amide bonds. The van der Waals surface area contributed by atoms with Gasteiger partial charge in [-0.25, -0.2) is 18.2 Å². The van der Waals surface area contributed by atoms with Crippen molar-refractivity contribution in [1.82, 2.24) is 9.38 Å². The van der Waals surface area contributed by atoms with Crippen molar-refractivity contribution in [1.29, 1.82) is 0 Å². The highest BCUT2D eigenvalue weighted by Crippen LogP contribution is 2.23. The number of pyridine rings is 1. The van der Waals surface area contributed by atoms with Crippen LogP contribution < -0.4 is 0 Å². The van der Waals surface area contributed by atoms with Crippen LogP contribution in [0.25, 0.3) is 5.65 Å². The van der Waals surface area contributed by atoms with E-state index in [1.165, 1.54) is 24.5 Å². The van der Waals surface area contributed by atoms with Crippen LogP contribution in [0.3, 0.4) is 0 Å². The van der Waals surface area contributed by atoms with Crippen molar-refractivity contribution in [2.45, 2.75) is 11.9 Å². The first kappa shape index (κ1) is 13.8. The fourth-order valence-corrected chi connectivity index (χ4v) is 2.88. The van der Waals surface area contributed by atoms with Crippen molar-refractivity contribution in [3.05, 3.63) is 29.0 Å². The minimum atomic E-state index is -3.65. The van der Waals surface area contributed by atoms with E-state index in [1.807, 2.05) is 0 Å². The summed E-state index contributed by atoms with van der Waals surface area (Å²) in [5.74, 6) is -0.967. The molecule has 8 heteroatoms. The lowest BCUT2D eigenvalue weighted by atomic mass is 10.4. The minimum Gasteiger partial charge on any atom is -0.464 e. The van der Waals surface area contributed by atoms with Gasteiger partial charge < -0.3 is 4.74 Å². The molecule has 2 aromatic rings. The van der Waals surface area contributed by atoms with Crippen LogP contribution >= 0.6 is 11.6 Å². The number of hydrogen-bond acceptors (Lipinski definition) is 5. The van der Waals surface area contributed by atoms with E-state index in [0.717, 1.165) is 0 Å². The van der Waals surface area contributed by atoms with E-state index < -0.39 is 15.8 Å². The summed E-state index contributed by atoms with van der Waals surface area (Å²) >= 11 is 5.99. The molecule has 0 aliphatic carbocycles. The summed E-state index contributed by atoms with van der Waals surface area (Å²) in [6.45, 7) is 1.47. The van der Waals surface area contributed by atoms with Gasteiger partial charge in [-0.1, -0.05) is 24.6 Å². The van der Waals surface area contributed by atoms with E-state index >= 15 is 0 Å². The fourth-order valence-electron chi connectivity index (χ4n) is 1.66. The second kappa shape index (κ2) is 4.82. The van der Waals surface area contributed by atoms with Crippen LogP contribution in [0.2, 0.25) is 5.15 Å². The number of rotatable bonds is 3. The zero-order valence-corrected chi connectivity index (χ0v) is 11.8. The Morgan fingerprint density at radius 3 is 2.74 bits per heavy atom. The van der Waals surface area contributed by atoms with Crippen LogP contribution in [0.4, 0.5) is 0 Å². The largest absolute Gasteiger partial charge is 0.464 e. The number of carbonyl (C=O) groups is 1. The van der Waals surface area contributed by atoms with Gasteiger partial charge in [0.1, 0.15) is 10.8 Å². The molecule has 2 rings (SSSR count). The summed E-state index contributed by atoms with van der Waals surface area (Å²) in [6.07, 6.45) is 0. The first-order chi connectivity index (χ1) is 8.92. The Hall–Kier alpha value is -1.60. The lowest BCUT2D eigenvalue weighted by Gasteiger charge is -2.04. The summed E-state index contributed by atoms with van der Waals surface area (Å²) in [5, 5.41) is -0.127. The first-order valence-corrected chi connectivity index (χ1v) is 7.43. The highest BCUT2D eigenvalue weighted by molar-refractivity contribution is 7.91. The smallest absolute Gasteiger partial charge is 0.358 e. The van der Waals surface area contributed by atoms with Crippen molar-refractivity contribution >= 4 is 33.1 Å². The van der Waals surface area contributed by atoms with Gasteiger partial charge in [0.05, 0.1) is 12.9 Å². The quantitative estimate of drug-likeness (QED) is 0.635. The molecule has 0 N–H and O–H groups in total. The third kappa shape index (κ3) is 2.19. The van der Waals surface area contributed by atoms with Gasteiger partial charge in [0, 0.05) is 0 Å². The lowest BCUT2D eigenvalue weighted by Crippen LogP contribution is -2.14. The van der Waals surface area contributed by atoms with Crippen molar-refractivity contribution < 1.29 is 17.9 Å². The number of methoxy groups -OCH3 is 1. The van der Waals surface area contributed by atoms with Crippen LogP contribution in [0.5, 0.6) is 0 Å². The molecule has 0 atom stereocenters. The molecule has 0 bridgehead atoms. The molecule has 0 aliphatic heterocycles. The Balaban J connectivity index is 2.93. The monoisotopic (exact) mass is 302 g/mol. The van der Waals surface area contributed by atoms with Crippen molar-refractivity contribution in [2.75, 3.05) is 12.9 Å². The summed E-state index contributed by atoms with van der Waals surface area (Å²) < 4.78 is 29.9. The highest BCUT2D eigenvalue weighted by atomic mass is 35.5. The van der Waals surface area contributed by atoms with Gasteiger partial charge in [0.25, 0.3) is 0 Å². The molecule has 102 valence electrons. The molecule has 0 aliphatic rings. The predicted molar refractivity (Wildman–Crippen MR) is 69.3 cm³/mol. The molecule has 0 aromatic carbocycles. The number of sulfone groups is 1. The number of esters is 1. The van der Waals surface area contributed by atoms with Gasteiger partial charge in [-0.15, -0.1) is 0 Å². The number of aromatic nitrogens is 2. The number of ether oxygens (including phenoxy) is 1. The number of imidazole rings is 1. The Kier molecular flexibility index (Phi) is 3.51. The summed E-state index contributed by atoms with van der Waals surface area (Å²) in [5.41, 5.74) is 0.102. The Morgan fingerprint density at radius 1 is 1.47 bits per heavy atom. The maximum Gasteiger partial charge on any atom is 0.358 e. The van der Waals surface area contributed by atoms with Crippen molar-refractivity contribution in [2.24, 2.45) is 0 Å². The second-order valence-electron chi connectivity index (χ2n) is 3.70. The third-order valence-corrected chi connectivity index (χ3v) is 4.55. The number of hydrogen-bond donors (Lipinski definition) is 0. The van der Waals surface area contributed by atoms with Gasteiger partial charge in [-0.2, -0.15) is 0 Å². The molecule has 2 heterocycles. The second-order valence-corrected chi connectivity index (χ2v) is 6.28. The average molecular weight is 303 g/mol. The predicted octanol–water partition coefficient (Wildman–Crippen LogP) is 1.57. The third-order valence-electron chi connectivity index (χ3n) is 2.62. The first-order valence-electron chi connectivity index (χ1n) is 5.40. The molecule has 0 saturated heterocycles. The molecule has 0 radical (unpaired) electrons. The zero-order valence-electron chi connectivity index (χ0n) is 10.3. The molecular weight excluding hydrogens is 292 g/mol. The maximum atomic E-state index is 12.0. The molecule has 19 heavy (non-hydrogen) atoms. The number of fused-ring (bicyclic) bond motifs is 1. The van der Waals surface area contributed by atoms with E-state index in [9.17, 15) is 13.2 Å². The molecule has 2 aromatic heterocycles. The van der Waals surface area contributed by atoms with Crippen molar-refractivity contribution in [3.63, 3.8) is 0 Å². The van der Waals surface area contributed by atoms with Gasteiger partial charge >= 0.3 is 5.97 Å². The van der Waals surface area contributed by atoms with Crippen LogP contribution in [0.15, 0.2) is 23.2 Å². The highest BCUT2D eigenvalue weighted by Gasteiger charge is 2.29. The summed E-state index contributed by atoms with van der Waals surface area (Å²) in [6, 6.07) is 4.71. The lowest BCUT2D eigenvalue weighted by molar-refractivity contribution is 0.0588. The number of halogens is 1. The van der Waals surface area contributed by atoms with E-state index in [0.29, 0.717) is 0 Å². The van der Waals surface area contributed by atoms with Gasteiger partial charge in [-0.3, -0.25) is 4.40 Å². The Morgan fingerprint density at radius 2 is 2.16 bits per heavy atom. The zero-order chi connectivity index (χ0) is 14.2. The molecule has 0 saturated carbocycles. The summed E-state index contributed by atoms with van der Waals surface area (Å²) in [7, 11) is -2.49. The van der Waals surface area contributed by atoms with E-state index in [-0.39, 0.29) is 27.3 Å². The van der Waals surface area contributed by atoms with Crippen molar-refractivity contribution in [3.8, 4) is 0 Å². The van der Waals surface area contributed by atoms with E-state index in [4.69, 9.17) is 11.6 Å². The standard InChI is InChI=1S/C11H11ClN2O4S/c1-3-19(16,17)10-9(11(15)18-2)14-7(12)5-4-6-8(14)13-10/h4-6H,3H2,1-2H3. The minimum absolute atomic E-state index is 0.168. The number of nitrogens with zero attached hydrogens (tertiary/aromatic N) is 2. The molecule has 0 spiro atoms. The molecule has 6 nitrogen and oxygen atoms in total. The fraction of sp³-hybridized carbons (Fsp3) is 0.273. The van der Waals surface area contributed by atoms with Gasteiger partial charge in [0.2, 0.25) is 0 Å².